The number of nitrogens with two attached hydrogens (primary N) is 1. The first-order valence-corrected chi connectivity index (χ1v) is 5.49. The van der Waals surface area contributed by atoms with Gasteiger partial charge >= 0.3 is 0 Å². The molecule has 2 aromatic heterocycles. The van der Waals surface area contributed by atoms with E-state index in [1.54, 1.807) is 35.2 Å². The van der Waals surface area contributed by atoms with Crippen molar-refractivity contribution in [1.29, 1.82) is 0 Å². The topological polar surface area (TPSA) is 82.5 Å². The van der Waals surface area contributed by atoms with E-state index in [2.05, 4.69) is 19.9 Å². The summed E-state index contributed by atoms with van der Waals surface area (Å²) in [7, 11) is 0. The highest BCUT2D eigenvalue weighted by Gasteiger charge is 2.11. The molecular weight excluding hydrogens is 247 g/mol. The first-order chi connectivity index (χ1) is 9.24. The van der Waals surface area contributed by atoms with Crippen molar-refractivity contribution >= 4 is 5.95 Å². The fraction of sp³-hybridized carbons (Fsp3) is 0. The summed E-state index contributed by atoms with van der Waals surface area (Å²) in [6.07, 6.45) is 4.78. The minimum Gasteiger partial charge on any atom is -0.368 e. The maximum atomic E-state index is 13.7. The standard InChI is InChI=1S/C12H9FN6/c13-9-4-2-1-3-8(9)10-16-11(14)18-12(17-10)19-6-5-15-7-19/h1-7H,(H2,14,16,17,18). The molecule has 0 aliphatic rings. The molecule has 3 rings (SSSR count). The smallest absolute Gasteiger partial charge is 0.240 e. The summed E-state index contributed by atoms with van der Waals surface area (Å²) in [5.74, 6) is 0.0965. The molecule has 3 aromatic rings. The van der Waals surface area contributed by atoms with Crippen LogP contribution in [0.25, 0.3) is 17.3 Å². The molecule has 0 atom stereocenters. The third-order valence-electron chi connectivity index (χ3n) is 2.49. The highest BCUT2D eigenvalue weighted by molar-refractivity contribution is 5.57. The quantitative estimate of drug-likeness (QED) is 0.750. The van der Waals surface area contributed by atoms with Crippen LogP contribution in [0, 0.1) is 5.82 Å². The molecule has 2 N–H and O–H groups in total. The number of benzene rings is 1. The Labute approximate surface area is 107 Å². The minimum atomic E-state index is -0.412. The van der Waals surface area contributed by atoms with Gasteiger partial charge in [-0.25, -0.2) is 9.37 Å². The Morgan fingerprint density at radius 2 is 1.95 bits per heavy atom. The zero-order valence-electron chi connectivity index (χ0n) is 9.73. The third-order valence-corrected chi connectivity index (χ3v) is 2.49. The van der Waals surface area contributed by atoms with Crippen LogP contribution >= 0.6 is 0 Å². The summed E-state index contributed by atoms with van der Waals surface area (Å²) in [6.45, 7) is 0. The molecule has 0 aliphatic carbocycles. The fourth-order valence-electron chi connectivity index (χ4n) is 1.64. The van der Waals surface area contributed by atoms with Gasteiger partial charge in [-0.15, -0.1) is 0 Å². The number of imidazole rings is 1. The van der Waals surface area contributed by atoms with Gasteiger partial charge in [0.15, 0.2) is 5.82 Å². The van der Waals surface area contributed by atoms with E-state index in [-0.39, 0.29) is 17.3 Å². The number of aromatic nitrogens is 5. The monoisotopic (exact) mass is 256 g/mol. The molecule has 0 saturated heterocycles. The van der Waals surface area contributed by atoms with Crippen LogP contribution in [0.3, 0.4) is 0 Å². The van der Waals surface area contributed by atoms with Crippen LogP contribution in [0.4, 0.5) is 10.3 Å². The average Bonchev–Trinajstić information content (AvgIpc) is 2.92. The minimum absolute atomic E-state index is 0.0250. The van der Waals surface area contributed by atoms with Crippen molar-refractivity contribution in [3.63, 3.8) is 0 Å². The Morgan fingerprint density at radius 3 is 2.68 bits per heavy atom. The Balaban J connectivity index is 2.16. The summed E-state index contributed by atoms with van der Waals surface area (Å²) in [5.41, 5.74) is 5.91. The summed E-state index contributed by atoms with van der Waals surface area (Å²) >= 11 is 0. The summed E-state index contributed by atoms with van der Waals surface area (Å²) in [4.78, 5) is 16.0. The first-order valence-electron chi connectivity index (χ1n) is 5.49. The van der Waals surface area contributed by atoms with Crippen LogP contribution in [0.5, 0.6) is 0 Å². The van der Waals surface area contributed by atoms with Gasteiger partial charge in [0.05, 0.1) is 5.56 Å². The molecule has 2 heterocycles. The van der Waals surface area contributed by atoms with E-state index in [4.69, 9.17) is 5.73 Å². The number of nitrogen functional groups attached to an aromatic ring is 1. The number of halogens is 1. The lowest BCUT2D eigenvalue weighted by atomic mass is 10.2. The van der Waals surface area contributed by atoms with Gasteiger partial charge in [0.25, 0.3) is 0 Å². The Morgan fingerprint density at radius 1 is 1.11 bits per heavy atom. The Bertz CT molecular complexity index is 710. The lowest BCUT2D eigenvalue weighted by Gasteiger charge is -2.05. The molecule has 1 aromatic carbocycles. The summed E-state index contributed by atoms with van der Waals surface area (Å²) in [6, 6.07) is 6.23. The second kappa shape index (κ2) is 4.45. The number of hydrogen-bond acceptors (Lipinski definition) is 5. The maximum absolute atomic E-state index is 13.7. The molecule has 0 fully saturated rings. The molecular formula is C12H9FN6. The van der Waals surface area contributed by atoms with Gasteiger partial charge in [-0.3, -0.25) is 4.57 Å². The Kier molecular flexibility index (Phi) is 2.64. The number of hydrogen-bond donors (Lipinski definition) is 1. The number of nitrogens with zero attached hydrogens (tertiary/aromatic N) is 5. The van der Waals surface area contributed by atoms with E-state index in [1.165, 1.54) is 12.4 Å². The zero-order valence-corrected chi connectivity index (χ0v) is 9.73. The largest absolute Gasteiger partial charge is 0.368 e. The number of rotatable bonds is 2. The van der Waals surface area contributed by atoms with Crippen LogP contribution in [-0.4, -0.2) is 24.5 Å². The molecule has 0 amide bonds. The molecule has 0 saturated carbocycles. The maximum Gasteiger partial charge on any atom is 0.240 e. The van der Waals surface area contributed by atoms with Crippen LogP contribution in [0.1, 0.15) is 0 Å². The van der Waals surface area contributed by atoms with E-state index in [0.29, 0.717) is 5.95 Å². The van der Waals surface area contributed by atoms with E-state index in [9.17, 15) is 4.39 Å². The lowest BCUT2D eigenvalue weighted by molar-refractivity contribution is 0.629. The van der Waals surface area contributed by atoms with Crippen molar-refractivity contribution in [1.82, 2.24) is 24.5 Å². The molecule has 19 heavy (non-hydrogen) atoms. The van der Waals surface area contributed by atoms with Crippen LogP contribution in [0.2, 0.25) is 0 Å². The van der Waals surface area contributed by atoms with Crippen molar-refractivity contribution in [2.24, 2.45) is 0 Å². The van der Waals surface area contributed by atoms with Gasteiger partial charge in [-0.05, 0) is 12.1 Å². The predicted octanol–water partition coefficient (Wildman–Crippen LogP) is 1.45. The van der Waals surface area contributed by atoms with E-state index >= 15 is 0 Å². The van der Waals surface area contributed by atoms with Crippen LogP contribution < -0.4 is 5.73 Å². The van der Waals surface area contributed by atoms with Crippen molar-refractivity contribution in [2.45, 2.75) is 0 Å². The third kappa shape index (κ3) is 2.13. The normalized spacial score (nSPS) is 10.6. The van der Waals surface area contributed by atoms with E-state index < -0.39 is 5.82 Å². The number of anilines is 1. The van der Waals surface area contributed by atoms with Crippen LogP contribution in [-0.2, 0) is 0 Å². The SMILES string of the molecule is Nc1nc(-c2ccccc2F)nc(-n2ccnc2)n1. The molecule has 0 aliphatic heterocycles. The van der Waals surface area contributed by atoms with Crippen molar-refractivity contribution in [3.05, 3.63) is 48.8 Å². The summed E-state index contributed by atoms with van der Waals surface area (Å²) in [5, 5.41) is 0. The van der Waals surface area contributed by atoms with E-state index in [0.717, 1.165) is 0 Å². The molecule has 0 unspecified atom stereocenters. The van der Waals surface area contributed by atoms with Gasteiger partial charge < -0.3 is 5.73 Å². The molecule has 0 bridgehead atoms. The van der Waals surface area contributed by atoms with Gasteiger partial charge in [0.2, 0.25) is 11.9 Å². The molecule has 7 heteroatoms. The van der Waals surface area contributed by atoms with Gasteiger partial charge in [0, 0.05) is 12.4 Å². The summed E-state index contributed by atoms with van der Waals surface area (Å²) < 4.78 is 15.3. The van der Waals surface area contributed by atoms with Crippen molar-refractivity contribution in [3.8, 4) is 17.3 Å². The highest BCUT2D eigenvalue weighted by Crippen LogP contribution is 2.19. The lowest BCUT2D eigenvalue weighted by Crippen LogP contribution is -2.07. The van der Waals surface area contributed by atoms with Crippen LogP contribution in [0.15, 0.2) is 43.0 Å². The molecule has 6 nitrogen and oxygen atoms in total. The van der Waals surface area contributed by atoms with Crippen molar-refractivity contribution < 1.29 is 4.39 Å². The van der Waals surface area contributed by atoms with Gasteiger partial charge in [-0.2, -0.15) is 15.0 Å². The fourth-order valence-corrected chi connectivity index (χ4v) is 1.64. The second-order valence-corrected chi connectivity index (χ2v) is 3.77. The second-order valence-electron chi connectivity index (χ2n) is 3.77. The van der Waals surface area contributed by atoms with E-state index in [1.807, 2.05) is 0 Å². The van der Waals surface area contributed by atoms with Gasteiger partial charge in [0.1, 0.15) is 12.1 Å². The Hall–Kier alpha value is -2.83. The zero-order chi connectivity index (χ0) is 13.2. The molecule has 0 radical (unpaired) electrons. The molecule has 0 spiro atoms. The van der Waals surface area contributed by atoms with Gasteiger partial charge in [-0.1, -0.05) is 12.1 Å². The van der Waals surface area contributed by atoms with Crippen molar-refractivity contribution in [2.75, 3.05) is 5.73 Å². The predicted molar refractivity (Wildman–Crippen MR) is 66.8 cm³/mol. The average molecular weight is 256 g/mol. The molecule has 94 valence electrons. The highest BCUT2D eigenvalue weighted by atomic mass is 19.1. The first kappa shape index (κ1) is 11.3.